The van der Waals surface area contributed by atoms with Crippen LogP contribution in [0.1, 0.15) is 61.0 Å². The first-order valence-corrected chi connectivity index (χ1v) is 14.3. The summed E-state index contributed by atoms with van der Waals surface area (Å²) in [6.45, 7) is 6.00. The molecule has 6 rings (SSSR count). The van der Waals surface area contributed by atoms with Gasteiger partial charge in [0.15, 0.2) is 0 Å². The van der Waals surface area contributed by atoms with Crippen LogP contribution in [0.3, 0.4) is 0 Å². The van der Waals surface area contributed by atoms with Crippen LogP contribution in [0, 0.1) is 20.8 Å². The number of methoxy groups -OCH3 is 1. The van der Waals surface area contributed by atoms with Crippen LogP contribution in [-0.2, 0) is 14.2 Å². The van der Waals surface area contributed by atoms with Crippen LogP contribution in [0.5, 0.6) is 0 Å². The smallest absolute Gasteiger partial charge is 0.338 e. The van der Waals surface area contributed by atoms with E-state index in [4.69, 9.17) is 19.2 Å². The van der Waals surface area contributed by atoms with E-state index in [0.29, 0.717) is 23.1 Å². The van der Waals surface area contributed by atoms with Crippen molar-refractivity contribution in [3.05, 3.63) is 112 Å². The van der Waals surface area contributed by atoms with E-state index in [1.54, 1.807) is 35.7 Å². The quantitative estimate of drug-likeness (QED) is 0.200. The number of carbonyl (C=O) groups is 2. The first kappa shape index (κ1) is 26.9. The number of hydrogen-bond acceptors (Lipinski definition) is 7. The summed E-state index contributed by atoms with van der Waals surface area (Å²) < 4.78 is 19.8. The first-order valence-electron chi connectivity index (χ1n) is 13.5. The van der Waals surface area contributed by atoms with Gasteiger partial charge in [0.25, 0.3) is 0 Å². The van der Waals surface area contributed by atoms with Crippen molar-refractivity contribution in [3.63, 3.8) is 0 Å². The summed E-state index contributed by atoms with van der Waals surface area (Å²) >= 11 is 1.74. The Hall–Kier alpha value is -4.27. The minimum absolute atomic E-state index is 0.380. The summed E-state index contributed by atoms with van der Waals surface area (Å²) in [5.41, 5.74) is 5.35. The largest absolute Gasteiger partial charge is 0.465 e. The summed E-state index contributed by atoms with van der Waals surface area (Å²) in [6, 6.07) is 21.1. The molecule has 8 heteroatoms. The molecule has 0 radical (unpaired) electrons. The Morgan fingerprint density at radius 2 is 1.73 bits per heavy atom. The molecule has 1 fully saturated rings. The van der Waals surface area contributed by atoms with Crippen molar-refractivity contribution in [1.29, 1.82) is 0 Å². The van der Waals surface area contributed by atoms with Gasteiger partial charge in [0, 0.05) is 39.5 Å². The highest BCUT2D eigenvalue weighted by Crippen LogP contribution is 2.44. The maximum Gasteiger partial charge on any atom is 0.338 e. The fourth-order valence-electron chi connectivity index (χ4n) is 5.39. The number of thiophene rings is 1. The normalized spacial score (nSPS) is 18.5. The number of rotatable bonds is 6. The monoisotopic (exact) mass is 566 g/mol. The SMILES string of the molecule is COC(=O)c1ccc(C)cc1[C@H]1O[C@@H](n2ccc3c(-c4ccc(C)s4)ccnc32)C[C@@H]1OC(=O)c1ccc(C)cc1. The molecule has 0 spiro atoms. The molecule has 41 heavy (non-hydrogen) atoms. The molecule has 208 valence electrons. The van der Waals surface area contributed by atoms with Crippen LogP contribution in [0.4, 0.5) is 0 Å². The highest BCUT2D eigenvalue weighted by Gasteiger charge is 2.42. The molecular formula is C33H30N2O5S. The van der Waals surface area contributed by atoms with Crippen molar-refractivity contribution < 1.29 is 23.8 Å². The molecule has 0 amide bonds. The second-order valence-electron chi connectivity index (χ2n) is 10.4. The van der Waals surface area contributed by atoms with Gasteiger partial charge in [-0.2, -0.15) is 0 Å². The predicted molar refractivity (Wildman–Crippen MR) is 158 cm³/mol. The molecule has 0 saturated carbocycles. The van der Waals surface area contributed by atoms with E-state index in [2.05, 4.69) is 19.1 Å². The Kier molecular flexibility index (Phi) is 7.19. The molecule has 1 aliphatic heterocycles. The number of fused-ring (bicyclic) bond motifs is 1. The molecule has 4 heterocycles. The molecule has 3 aromatic heterocycles. The first-order chi connectivity index (χ1) is 19.8. The van der Waals surface area contributed by atoms with E-state index < -0.39 is 30.4 Å². The maximum atomic E-state index is 13.3. The standard InChI is InChI=1S/C33H30N2O5S/c1-19-5-9-22(10-6-19)32(36)39-27-18-29(40-30(27)26-17-20(2)7-11-25(26)33(37)38-4)35-16-14-24-23(13-15-34-31(24)35)28-12-8-21(3)41-28/h5-17,27,29-30H,18H2,1-4H3/t27-,29+,30+/m0/s1. The molecule has 7 nitrogen and oxygen atoms in total. The summed E-state index contributed by atoms with van der Waals surface area (Å²) in [4.78, 5) is 33.1. The number of aromatic nitrogens is 2. The van der Waals surface area contributed by atoms with Crippen LogP contribution < -0.4 is 0 Å². The average Bonchev–Trinajstić information content (AvgIpc) is 3.71. The average molecular weight is 567 g/mol. The Labute approximate surface area is 242 Å². The van der Waals surface area contributed by atoms with Gasteiger partial charge in [-0.3, -0.25) is 0 Å². The minimum atomic E-state index is -0.691. The topological polar surface area (TPSA) is 79.7 Å². The Morgan fingerprint density at radius 3 is 2.46 bits per heavy atom. The van der Waals surface area contributed by atoms with Gasteiger partial charge in [-0.15, -0.1) is 11.3 Å². The molecule has 3 atom stereocenters. The fourth-order valence-corrected chi connectivity index (χ4v) is 6.30. The van der Waals surface area contributed by atoms with Gasteiger partial charge in [0.2, 0.25) is 0 Å². The number of pyridine rings is 1. The number of ether oxygens (including phenoxy) is 3. The van der Waals surface area contributed by atoms with Crippen LogP contribution in [-0.4, -0.2) is 34.7 Å². The molecule has 1 saturated heterocycles. The Bertz CT molecular complexity index is 1750. The lowest BCUT2D eigenvalue weighted by Crippen LogP contribution is -2.23. The van der Waals surface area contributed by atoms with Gasteiger partial charge in [-0.25, -0.2) is 14.6 Å². The lowest BCUT2D eigenvalue weighted by molar-refractivity contribution is -0.0291. The number of esters is 2. The van der Waals surface area contributed by atoms with Gasteiger partial charge in [-0.05, 0) is 68.8 Å². The molecule has 0 bridgehead atoms. The molecular weight excluding hydrogens is 536 g/mol. The number of benzene rings is 2. The highest BCUT2D eigenvalue weighted by atomic mass is 32.1. The molecule has 0 unspecified atom stereocenters. The lowest BCUT2D eigenvalue weighted by Gasteiger charge is -2.22. The summed E-state index contributed by atoms with van der Waals surface area (Å²) in [5.74, 6) is -0.915. The maximum absolute atomic E-state index is 13.3. The lowest BCUT2D eigenvalue weighted by atomic mass is 9.96. The molecule has 0 aliphatic carbocycles. The molecule has 0 N–H and O–H groups in total. The van der Waals surface area contributed by atoms with Crippen molar-refractivity contribution in [2.24, 2.45) is 0 Å². The van der Waals surface area contributed by atoms with E-state index in [1.807, 2.05) is 61.0 Å². The minimum Gasteiger partial charge on any atom is -0.465 e. The van der Waals surface area contributed by atoms with Crippen LogP contribution in [0.15, 0.2) is 79.1 Å². The molecule has 2 aromatic carbocycles. The van der Waals surface area contributed by atoms with Gasteiger partial charge in [-0.1, -0.05) is 35.4 Å². The second kappa shape index (κ2) is 11.0. The Balaban J connectivity index is 1.39. The third kappa shape index (κ3) is 5.16. The second-order valence-corrected chi connectivity index (χ2v) is 11.7. The zero-order chi connectivity index (χ0) is 28.7. The zero-order valence-corrected chi connectivity index (χ0v) is 24.1. The van der Waals surface area contributed by atoms with Crippen molar-refractivity contribution in [2.45, 2.75) is 45.6 Å². The van der Waals surface area contributed by atoms with Gasteiger partial charge >= 0.3 is 11.9 Å². The van der Waals surface area contributed by atoms with E-state index in [1.165, 1.54) is 16.9 Å². The zero-order valence-electron chi connectivity index (χ0n) is 23.3. The van der Waals surface area contributed by atoms with Crippen molar-refractivity contribution >= 4 is 34.3 Å². The van der Waals surface area contributed by atoms with Crippen LogP contribution >= 0.6 is 11.3 Å². The van der Waals surface area contributed by atoms with E-state index in [0.717, 1.165) is 27.7 Å². The Morgan fingerprint density at radius 1 is 0.951 bits per heavy atom. The predicted octanol–water partition coefficient (Wildman–Crippen LogP) is 7.36. The van der Waals surface area contributed by atoms with Crippen molar-refractivity contribution in [3.8, 4) is 10.4 Å². The highest BCUT2D eigenvalue weighted by molar-refractivity contribution is 7.15. The fraction of sp³-hybridized carbons (Fsp3) is 0.242. The van der Waals surface area contributed by atoms with Gasteiger partial charge < -0.3 is 18.8 Å². The van der Waals surface area contributed by atoms with Gasteiger partial charge in [0.1, 0.15) is 24.1 Å². The number of nitrogens with zero attached hydrogens (tertiary/aromatic N) is 2. The number of hydrogen-bond donors (Lipinski definition) is 0. The molecule has 5 aromatic rings. The van der Waals surface area contributed by atoms with Gasteiger partial charge in [0.05, 0.1) is 18.2 Å². The number of carbonyl (C=O) groups excluding carboxylic acids is 2. The van der Waals surface area contributed by atoms with Crippen molar-refractivity contribution in [1.82, 2.24) is 9.55 Å². The summed E-state index contributed by atoms with van der Waals surface area (Å²) in [5, 5.41) is 1.01. The molecule has 1 aliphatic rings. The third-order valence-electron chi connectivity index (χ3n) is 7.47. The van der Waals surface area contributed by atoms with E-state index in [-0.39, 0.29) is 0 Å². The third-order valence-corrected chi connectivity index (χ3v) is 8.51. The van der Waals surface area contributed by atoms with Crippen LogP contribution in [0.2, 0.25) is 0 Å². The van der Waals surface area contributed by atoms with E-state index >= 15 is 0 Å². The summed E-state index contributed by atoms with van der Waals surface area (Å²) in [6.07, 6.45) is 2.33. The summed E-state index contributed by atoms with van der Waals surface area (Å²) in [7, 11) is 1.35. The number of aryl methyl sites for hydroxylation is 3. The van der Waals surface area contributed by atoms with Crippen LogP contribution in [0.25, 0.3) is 21.5 Å². The van der Waals surface area contributed by atoms with E-state index in [9.17, 15) is 9.59 Å². The van der Waals surface area contributed by atoms with Crippen molar-refractivity contribution in [2.75, 3.05) is 7.11 Å².